The van der Waals surface area contributed by atoms with Gasteiger partial charge in [0, 0.05) is 25.3 Å². The minimum absolute atomic E-state index is 0.204. The Hall–Kier alpha value is -1.06. The Labute approximate surface area is 109 Å². The van der Waals surface area contributed by atoms with Gasteiger partial charge in [0.15, 0.2) is 0 Å². The van der Waals surface area contributed by atoms with E-state index < -0.39 is 0 Å². The quantitative estimate of drug-likeness (QED) is 0.869. The van der Waals surface area contributed by atoms with Crippen molar-refractivity contribution in [2.75, 3.05) is 19.7 Å². The molecule has 0 amide bonds. The second-order valence-electron chi connectivity index (χ2n) is 5.35. The fourth-order valence-electron chi connectivity index (χ4n) is 2.45. The molecule has 1 aromatic rings. The highest BCUT2D eigenvalue weighted by Gasteiger charge is 2.22. The maximum atomic E-state index is 9.17. The third-order valence-corrected chi connectivity index (χ3v) is 3.36. The van der Waals surface area contributed by atoms with E-state index in [2.05, 4.69) is 30.9 Å². The predicted molar refractivity (Wildman–Crippen MR) is 72.7 cm³/mol. The first-order valence-electron chi connectivity index (χ1n) is 6.77. The molecule has 3 heteroatoms. The molecule has 0 saturated carbocycles. The second-order valence-corrected chi connectivity index (χ2v) is 5.35. The van der Waals surface area contributed by atoms with Crippen LogP contribution in [0.1, 0.15) is 25.8 Å². The Morgan fingerprint density at radius 3 is 2.83 bits per heavy atom. The van der Waals surface area contributed by atoms with Crippen molar-refractivity contribution in [2.45, 2.75) is 32.9 Å². The van der Waals surface area contributed by atoms with E-state index >= 15 is 0 Å². The van der Waals surface area contributed by atoms with Crippen molar-refractivity contribution in [3.8, 4) is 5.75 Å². The van der Waals surface area contributed by atoms with E-state index in [0.29, 0.717) is 12.5 Å². The highest BCUT2D eigenvalue weighted by Crippen LogP contribution is 2.24. The molecule has 1 fully saturated rings. The fraction of sp³-hybridized carbons (Fsp3) is 0.600. The van der Waals surface area contributed by atoms with Crippen molar-refractivity contribution < 1.29 is 9.84 Å². The van der Waals surface area contributed by atoms with Gasteiger partial charge in [0.25, 0.3) is 0 Å². The van der Waals surface area contributed by atoms with Crippen LogP contribution in [0.3, 0.4) is 0 Å². The normalized spacial score (nSPS) is 20.6. The molecule has 1 N–H and O–H groups in total. The molecular weight excluding hydrogens is 226 g/mol. The van der Waals surface area contributed by atoms with Crippen LogP contribution >= 0.6 is 0 Å². The van der Waals surface area contributed by atoms with Gasteiger partial charge in [-0.3, -0.25) is 4.90 Å². The fourth-order valence-corrected chi connectivity index (χ4v) is 2.45. The number of nitrogens with zero attached hydrogens (tertiary/aromatic N) is 1. The van der Waals surface area contributed by atoms with E-state index in [1.165, 1.54) is 5.56 Å². The van der Waals surface area contributed by atoms with Gasteiger partial charge in [-0.2, -0.15) is 0 Å². The van der Waals surface area contributed by atoms with Crippen molar-refractivity contribution in [2.24, 2.45) is 5.92 Å². The third kappa shape index (κ3) is 3.47. The number of aliphatic hydroxyl groups is 1. The number of para-hydroxylation sites is 1. The van der Waals surface area contributed by atoms with Gasteiger partial charge in [-0.15, -0.1) is 0 Å². The zero-order chi connectivity index (χ0) is 13.0. The van der Waals surface area contributed by atoms with E-state index in [9.17, 15) is 5.11 Å². The van der Waals surface area contributed by atoms with Gasteiger partial charge in [0.05, 0.1) is 6.10 Å². The van der Waals surface area contributed by atoms with Crippen molar-refractivity contribution in [1.29, 1.82) is 0 Å². The lowest BCUT2D eigenvalue weighted by molar-refractivity contribution is 0.215. The maximum Gasteiger partial charge on any atom is 0.124 e. The summed E-state index contributed by atoms with van der Waals surface area (Å²) in [6.07, 6.45) is 1.30. The van der Waals surface area contributed by atoms with Gasteiger partial charge >= 0.3 is 0 Å². The summed E-state index contributed by atoms with van der Waals surface area (Å²) >= 11 is 0. The molecule has 18 heavy (non-hydrogen) atoms. The molecular formula is C15H23NO2. The van der Waals surface area contributed by atoms with Crippen LogP contribution < -0.4 is 4.74 Å². The van der Waals surface area contributed by atoms with Crippen molar-refractivity contribution in [3.05, 3.63) is 29.8 Å². The van der Waals surface area contributed by atoms with Crippen molar-refractivity contribution in [1.82, 2.24) is 4.90 Å². The summed E-state index contributed by atoms with van der Waals surface area (Å²) in [5.74, 6) is 1.43. The maximum absolute atomic E-state index is 9.17. The lowest BCUT2D eigenvalue weighted by Gasteiger charge is -2.19. The Bertz CT molecular complexity index is 379. The standard InChI is InChI=1S/C15H23NO2/c1-12(2)18-15-6-4-3-5-14(15)10-16-8-7-13(9-16)11-17/h3-6,12-13,17H,7-11H2,1-2H3. The Balaban J connectivity index is 2.00. The molecule has 1 aliphatic heterocycles. The van der Waals surface area contributed by atoms with Crippen LogP contribution in [0.4, 0.5) is 0 Å². The largest absolute Gasteiger partial charge is 0.491 e. The zero-order valence-electron chi connectivity index (χ0n) is 11.3. The summed E-state index contributed by atoms with van der Waals surface area (Å²) in [4.78, 5) is 2.39. The lowest BCUT2D eigenvalue weighted by atomic mass is 10.1. The lowest BCUT2D eigenvalue weighted by Crippen LogP contribution is -2.21. The van der Waals surface area contributed by atoms with E-state index in [-0.39, 0.29) is 6.10 Å². The zero-order valence-corrected chi connectivity index (χ0v) is 11.3. The first-order chi connectivity index (χ1) is 8.69. The summed E-state index contributed by atoms with van der Waals surface area (Å²) in [6, 6.07) is 8.24. The van der Waals surface area contributed by atoms with Crippen LogP contribution in [0.25, 0.3) is 0 Å². The van der Waals surface area contributed by atoms with Crippen LogP contribution in [0.2, 0.25) is 0 Å². The monoisotopic (exact) mass is 249 g/mol. The molecule has 100 valence electrons. The molecule has 3 nitrogen and oxygen atoms in total. The number of aliphatic hydroxyl groups excluding tert-OH is 1. The summed E-state index contributed by atoms with van der Waals surface area (Å²) in [7, 11) is 0. The summed E-state index contributed by atoms with van der Waals surface area (Å²) in [5, 5.41) is 9.17. The third-order valence-electron chi connectivity index (χ3n) is 3.36. The van der Waals surface area contributed by atoms with E-state index in [1.54, 1.807) is 0 Å². The molecule has 0 spiro atoms. The molecule has 2 rings (SSSR count). The number of hydrogen-bond donors (Lipinski definition) is 1. The topological polar surface area (TPSA) is 32.7 Å². The van der Waals surface area contributed by atoms with Gasteiger partial charge in [0.1, 0.15) is 5.75 Å². The van der Waals surface area contributed by atoms with Gasteiger partial charge in [-0.05, 0) is 38.8 Å². The molecule has 1 atom stereocenters. The summed E-state index contributed by atoms with van der Waals surface area (Å²) in [6.45, 7) is 7.39. The molecule has 1 aromatic carbocycles. The van der Waals surface area contributed by atoms with E-state index in [1.807, 2.05) is 12.1 Å². The molecule has 1 aliphatic rings. The number of likely N-dealkylation sites (tertiary alicyclic amines) is 1. The SMILES string of the molecule is CC(C)Oc1ccccc1CN1CCC(CO)C1. The van der Waals surface area contributed by atoms with Gasteiger partial charge < -0.3 is 9.84 Å². The van der Waals surface area contributed by atoms with Crippen LogP contribution in [-0.4, -0.2) is 35.8 Å². The molecule has 1 unspecified atom stereocenters. The molecule has 0 aromatic heterocycles. The smallest absolute Gasteiger partial charge is 0.124 e. The van der Waals surface area contributed by atoms with Crippen LogP contribution in [-0.2, 0) is 6.54 Å². The van der Waals surface area contributed by atoms with E-state index in [4.69, 9.17) is 4.74 Å². The number of rotatable bonds is 5. The van der Waals surface area contributed by atoms with Gasteiger partial charge in [-0.25, -0.2) is 0 Å². The van der Waals surface area contributed by atoms with Gasteiger partial charge in [0.2, 0.25) is 0 Å². The molecule has 1 saturated heterocycles. The summed E-state index contributed by atoms with van der Waals surface area (Å²) in [5.41, 5.74) is 1.24. The molecule has 0 radical (unpaired) electrons. The minimum atomic E-state index is 0.204. The van der Waals surface area contributed by atoms with Gasteiger partial charge in [-0.1, -0.05) is 18.2 Å². The van der Waals surface area contributed by atoms with E-state index in [0.717, 1.165) is 31.8 Å². The highest BCUT2D eigenvalue weighted by molar-refractivity contribution is 5.33. The Morgan fingerprint density at radius 2 is 2.17 bits per heavy atom. The van der Waals surface area contributed by atoms with Crippen LogP contribution in [0.15, 0.2) is 24.3 Å². The number of hydrogen-bond acceptors (Lipinski definition) is 3. The highest BCUT2D eigenvalue weighted by atomic mass is 16.5. The first kappa shape index (κ1) is 13.4. The van der Waals surface area contributed by atoms with Crippen molar-refractivity contribution in [3.63, 3.8) is 0 Å². The summed E-state index contributed by atoms with van der Waals surface area (Å²) < 4.78 is 5.83. The molecule has 0 bridgehead atoms. The average molecular weight is 249 g/mol. The van der Waals surface area contributed by atoms with Crippen molar-refractivity contribution >= 4 is 0 Å². The molecule has 0 aliphatic carbocycles. The Kier molecular flexibility index (Phi) is 4.61. The number of benzene rings is 1. The Morgan fingerprint density at radius 1 is 1.39 bits per heavy atom. The van der Waals surface area contributed by atoms with Crippen LogP contribution in [0.5, 0.6) is 5.75 Å². The first-order valence-corrected chi connectivity index (χ1v) is 6.77. The van der Waals surface area contributed by atoms with Crippen LogP contribution in [0, 0.1) is 5.92 Å². The average Bonchev–Trinajstić information content (AvgIpc) is 2.79. The predicted octanol–water partition coefficient (Wildman–Crippen LogP) is 2.29. The minimum Gasteiger partial charge on any atom is -0.491 e. The second kappa shape index (κ2) is 6.21. The number of ether oxygens (including phenoxy) is 1. The molecule has 1 heterocycles.